The topological polar surface area (TPSA) is 12.0 Å². The van der Waals surface area contributed by atoms with Gasteiger partial charge in [-0.05, 0) is 46.0 Å². The van der Waals surface area contributed by atoms with Crippen LogP contribution in [-0.4, -0.2) is 6.54 Å². The monoisotopic (exact) mass is 251 g/mol. The van der Waals surface area contributed by atoms with Gasteiger partial charge in [0.15, 0.2) is 0 Å². The molecule has 0 spiro atoms. The van der Waals surface area contributed by atoms with Crippen molar-refractivity contribution in [2.24, 2.45) is 0 Å². The Morgan fingerprint density at radius 2 is 1.83 bits per heavy atom. The summed E-state index contributed by atoms with van der Waals surface area (Å²) in [6.07, 6.45) is 1.13. The third kappa shape index (κ3) is 1.39. The van der Waals surface area contributed by atoms with Crippen molar-refractivity contribution in [3.8, 4) is 11.1 Å². The quantitative estimate of drug-likeness (QED) is 0.669. The largest absolute Gasteiger partial charge is 0.384 e. The second kappa shape index (κ2) is 3.85. The lowest BCUT2D eigenvalue weighted by Gasteiger charge is -2.09. The molecule has 0 saturated carbocycles. The molecule has 0 aliphatic carbocycles. The molecule has 1 nitrogen and oxygen atoms in total. The van der Waals surface area contributed by atoms with Crippen molar-refractivity contribution in [3.05, 3.63) is 53.4 Å². The normalized spacial score (nSPS) is 13.6. The fraction of sp³-hybridized carbons (Fsp3) is 0.125. The van der Waals surface area contributed by atoms with E-state index in [0.29, 0.717) is 0 Å². The van der Waals surface area contributed by atoms with Crippen molar-refractivity contribution >= 4 is 27.1 Å². The van der Waals surface area contributed by atoms with Crippen LogP contribution < -0.4 is 5.32 Å². The molecule has 2 aromatic carbocycles. The molecule has 1 aliphatic heterocycles. The molecule has 1 aliphatic rings. The third-order valence-corrected chi connectivity index (χ3v) is 4.60. The van der Waals surface area contributed by atoms with E-state index in [1.165, 1.54) is 32.5 Å². The van der Waals surface area contributed by atoms with Crippen molar-refractivity contribution in [2.75, 3.05) is 11.9 Å². The number of rotatable bonds is 1. The Bertz CT molecular complexity index is 727. The maximum atomic E-state index is 3.46. The van der Waals surface area contributed by atoms with E-state index in [2.05, 4.69) is 53.2 Å². The summed E-state index contributed by atoms with van der Waals surface area (Å²) in [7, 11) is 0. The molecule has 2 heteroatoms. The zero-order chi connectivity index (χ0) is 11.9. The lowest BCUT2D eigenvalue weighted by Crippen LogP contribution is -1.90. The van der Waals surface area contributed by atoms with E-state index >= 15 is 0 Å². The van der Waals surface area contributed by atoms with Gasteiger partial charge in [-0.2, -0.15) is 0 Å². The van der Waals surface area contributed by atoms with E-state index in [4.69, 9.17) is 0 Å². The zero-order valence-electron chi connectivity index (χ0n) is 9.94. The number of fused-ring (bicyclic) bond motifs is 2. The molecule has 4 rings (SSSR count). The fourth-order valence-corrected chi connectivity index (χ4v) is 3.73. The minimum atomic E-state index is 1.06. The average Bonchev–Trinajstić information content (AvgIpc) is 3.06. The highest BCUT2D eigenvalue weighted by Crippen LogP contribution is 2.38. The van der Waals surface area contributed by atoms with Crippen LogP contribution in [0.5, 0.6) is 0 Å². The molecule has 0 radical (unpaired) electrons. The Balaban J connectivity index is 2.03. The van der Waals surface area contributed by atoms with Crippen LogP contribution in [-0.2, 0) is 6.42 Å². The van der Waals surface area contributed by atoms with Crippen molar-refractivity contribution in [1.29, 1.82) is 0 Å². The van der Waals surface area contributed by atoms with Gasteiger partial charge in [0.25, 0.3) is 0 Å². The molecule has 88 valence electrons. The zero-order valence-corrected chi connectivity index (χ0v) is 10.8. The van der Waals surface area contributed by atoms with Crippen LogP contribution in [0.2, 0.25) is 0 Å². The molecule has 0 saturated heterocycles. The number of hydrogen-bond donors (Lipinski definition) is 1. The molecule has 2 heterocycles. The Hall–Kier alpha value is -1.80. The molecule has 3 aromatic rings. The van der Waals surface area contributed by atoms with Crippen LogP contribution in [0.15, 0.2) is 47.8 Å². The summed E-state index contributed by atoms with van der Waals surface area (Å²) in [6, 6.07) is 15.4. The first-order valence-corrected chi connectivity index (χ1v) is 7.14. The standard InChI is InChI=1S/C16H13NS/c1-3-11-8-10-18-16(11)14(5-1)12-4-2-6-15-13(12)7-9-17-15/h1-6,8,10,17H,7,9H2. The van der Waals surface area contributed by atoms with Crippen LogP contribution in [0.3, 0.4) is 0 Å². The minimum absolute atomic E-state index is 1.06. The first-order valence-electron chi connectivity index (χ1n) is 6.26. The smallest absolute Gasteiger partial charge is 0.0421 e. The summed E-state index contributed by atoms with van der Waals surface area (Å²) < 4.78 is 1.40. The van der Waals surface area contributed by atoms with Crippen LogP contribution in [0.1, 0.15) is 5.56 Å². The predicted octanol–water partition coefficient (Wildman–Crippen LogP) is 4.54. The molecule has 1 aromatic heterocycles. The van der Waals surface area contributed by atoms with Crippen LogP contribution in [0, 0.1) is 0 Å². The second-order valence-electron chi connectivity index (χ2n) is 4.65. The third-order valence-electron chi connectivity index (χ3n) is 3.64. The molecule has 0 bridgehead atoms. The highest BCUT2D eigenvalue weighted by Gasteiger charge is 2.16. The summed E-state index contributed by atoms with van der Waals surface area (Å²) in [5.41, 5.74) is 5.55. The first kappa shape index (κ1) is 10.2. The van der Waals surface area contributed by atoms with Gasteiger partial charge in [-0.15, -0.1) is 11.3 Å². The van der Waals surface area contributed by atoms with Gasteiger partial charge in [0.05, 0.1) is 0 Å². The van der Waals surface area contributed by atoms with E-state index < -0.39 is 0 Å². The van der Waals surface area contributed by atoms with Gasteiger partial charge in [0.1, 0.15) is 0 Å². The molecular weight excluding hydrogens is 238 g/mol. The van der Waals surface area contributed by atoms with Crippen LogP contribution in [0.4, 0.5) is 5.69 Å². The van der Waals surface area contributed by atoms with Gasteiger partial charge in [-0.25, -0.2) is 0 Å². The van der Waals surface area contributed by atoms with Gasteiger partial charge in [-0.1, -0.05) is 30.3 Å². The SMILES string of the molecule is c1cc2c(c(-c3cccc4ccsc34)c1)CCN2. The summed E-state index contributed by atoms with van der Waals surface area (Å²) in [5, 5.41) is 6.98. The van der Waals surface area contributed by atoms with Gasteiger partial charge in [0, 0.05) is 16.9 Å². The minimum Gasteiger partial charge on any atom is -0.384 e. The van der Waals surface area contributed by atoms with E-state index in [1.54, 1.807) is 0 Å². The number of hydrogen-bond acceptors (Lipinski definition) is 2. The Morgan fingerprint density at radius 3 is 2.83 bits per heavy atom. The highest BCUT2D eigenvalue weighted by molar-refractivity contribution is 7.17. The lowest BCUT2D eigenvalue weighted by atomic mass is 9.97. The van der Waals surface area contributed by atoms with Crippen LogP contribution >= 0.6 is 11.3 Å². The van der Waals surface area contributed by atoms with Crippen molar-refractivity contribution < 1.29 is 0 Å². The maximum absolute atomic E-state index is 3.46. The molecular formula is C16H13NS. The Labute approximate surface area is 110 Å². The van der Waals surface area contributed by atoms with E-state index in [-0.39, 0.29) is 0 Å². The molecule has 0 amide bonds. The van der Waals surface area contributed by atoms with Crippen molar-refractivity contribution in [3.63, 3.8) is 0 Å². The van der Waals surface area contributed by atoms with Gasteiger partial charge < -0.3 is 5.32 Å². The van der Waals surface area contributed by atoms with Crippen molar-refractivity contribution in [2.45, 2.75) is 6.42 Å². The van der Waals surface area contributed by atoms with Gasteiger partial charge >= 0.3 is 0 Å². The van der Waals surface area contributed by atoms with E-state index in [0.717, 1.165) is 13.0 Å². The number of benzene rings is 2. The second-order valence-corrected chi connectivity index (χ2v) is 5.57. The Morgan fingerprint density at radius 1 is 0.944 bits per heavy atom. The molecule has 0 fully saturated rings. The molecule has 1 N–H and O–H groups in total. The average molecular weight is 251 g/mol. The molecule has 0 unspecified atom stereocenters. The number of anilines is 1. The summed E-state index contributed by atoms with van der Waals surface area (Å²) in [5.74, 6) is 0. The summed E-state index contributed by atoms with van der Waals surface area (Å²) in [4.78, 5) is 0. The van der Waals surface area contributed by atoms with E-state index in [1.807, 2.05) is 11.3 Å². The maximum Gasteiger partial charge on any atom is 0.0421 e. The number of nitrogens with one attached hydrogen (secondary N) is 1. The lowest BCUT2D eigenvalue weighted by molar-refractivity contribution is 1.11. The van der Waals surface area contributed by atoms with Crippen LogP contribution in [0.25, 0.3) is 21.2 Å². The van der Waals surface area contributed by atoms with Gasteiger partial charge in [0.2, 0.25) is 0 Å². The summed E-state index contributed by atoms with van der Waals surface area (Å²) >= 11 is 1.83. The number of thiophene rings is 1. The predicted molar refractivity (Wildman–Crippen MR) is 79.5 cm³/mol. The highest BCUT2D eigenvalue weighted by atomic mass is 32.1. The molecule has 18 heavy (non-hydrogen) atoms. The van der Waals surface area contributed by atoms with Crippen molar-refractivity contribution in [1.82, 2.24) is 0 Å². The first-order chi connectivity index (χ1) is 8.93. The summed E-state index contributed by atoms with van der Waals surface area (Å²) in [6.45, 7) is 1.06. The Kier molecular flexibility index (Phi) is 2.17. The van der Waals surface area contributed by atoms with Gasteiger partial charge in [-0.3, -0.25) is 0 Å². The molecule has 0 atom stereocenters. The van der Waals surface area contributed by atoms with E-state index in [9.17, 15) is 0 Å². The fourth-order valence-electron chi connectivity index (χ4n) is 2.80.